The van der Waals surface area contributed by atoms with Crippen molar-refractivity contribution < 1.29 is 9.59 Å². The Balaban J connectivity index is 1.48. The molecule has 5 nitrogen and oxygen atoms in total. The molecule has 1 saturated carbocycles. The number of nitrogens with zero attached hydrogens (tertiary/aromatic N) is 1. The molecule has 0 spiro atoms. The molecule has 2 amide bonds. The van der Waals surface area contributed by atoms with E-state index in [1.807, 2.05) is 53.1 Å². The van der Waals surface area contributed by atoms with Gasteiger partial charge in [-0.05, 0) is 30.5 Å². The zero-order valence-corrected chi connectivity index (χ0v) is 15.2. The van der Waals surface area contributed by atoms with E-state index in [-0.39, 0.29) is 17.7 Å². The third kappa shape index (κ3) is 4.03. The van der Waals surface area contributed by atoms with E-state index in [2.05, 4.69) is 22.8 Å². The fraction of sp³-hybridized carbons (Fsp3) is 0.273. The SMILES string of the molecule is O=C(NCCNC(=O)C1CC1)c1cc2ccccc2n1Cc1ccccc1. The first-order valence-electron chi connectivity index (χ1n) is 9.40. The lowest BCUT2D eigenvalue weighted by atomic mass is 10.2. The minimum atomic E-state index is -0.122. The summed E-state index contributed by atoms with van der Waals surface area (Å²) in [5.74, 6) is 0.166. The fourth-order valence-electron chi connectivity index (χ4n) is 3.28. The zero-order chi connectivity index (χ0) is 18.6. The molecule has 1 fully saturated rings. The molecule has 0 bridgehead atoms. The lowest BCUT2D eigenvalue weighted by Gasteiger charge is -2.12. The average molecular weight is 361 g/mol. The van der Waals surface area contributed by atoms with Crippen LogP contribution < -0.4 is 10.6 Å². The number of hydrogen-bond acceptors (Lipinski definition) is 2. The van der Waals surface area contributed by atoms with Crippen LogP contribution in [0.4, 0.5) is 0 Å². The van der Waals surface area contributed by atoms with Gasteiger partial charge in [0.1, 0.15) is 5.69 Å². The van der Waals surface area contributed by atoms with Crippen LogP contribution >= 0.6 is 0 Å². The highest BCUT2D eigenvalue weighted by Gasteiger charge is 2.29. The number of hydrogen-bond donors (Lipinski definition) is 2. The quantitative estimate of drug-likeness (QED) is 0.636. The zero-order valence-electron chi connectivity index (χ0n) is 15.2. The Morgan fingerprint density at radius 2 is 1.63 bits per heavy atom. The molecule has 1 aromatic heterocycles. The lowest BCUT2D eigenvalue weighted by molar-refractivity contribution is -0.122. The minimum absolute atomic E-state index is 0.0995. The molecule has 4 rings (SSSR count). The van der Waals surface area contributed by atoms with Crippen LogP contribution in [0, 0.1) is 5.92 Å². The Hall–Kier alpha value is -3.08. The van der Waals surface area contributed by atoms with Gasteiger partial charge in [-0.25, -0.2) is 0 Å². The Kier molecular flexibility index (Phi) is 4.92. The van der Waals surface area contributed by atoms with Gasteiger partial charge in [0.05, 0.1) is 0 Å². The van der Waals surface area contributed by atoms with Gasteiger partial charge >= 0.3 is 0 Å². The van der Waals surface area contributed by atoms with Gasteiger partial charge in [0.25, 0.3) is 5.91 Å². The molecule has 138 valence electrons. The van der Waals surface area contributed by atoms with Crippen molar-refractivity contribution in [2.45, 2.75) is 19.4 Å². The second-order valence-electron chi connectivity index (χ2n) is 6.98. The topological polar surface area (TPSA) is 63.1 Å². The van der Waals surface area contributed by atoms with Crippen LogP contribution in [0.5, 0.6) is 0 Å². The second-order valence-corrected chi connectivity index (χ2v) is 6.98. The maximum atomic E-state index is 12.8. The highest BCUT2D eigenvalue weighted by molar-refractivity contribution is 5.98. The van der Waals surface area contributed by atoms with Gasteiger partial charge in [-0.1, -0.05) is 48.5 Å². The third-order valence-electron chi connectivity index (χ3n) is 4.88. The first kappa shape index (κ1) is 17.3. The highest BCUT2D eigenvalue weighted by Crippen LogP contribution is 2.28. The molecule has 2 aromatic carbocycles. The van der Waals surface area contributed by atoms with E-state index in [9.17, 15) is 9.59 Å². The molecule has 0 atom stereocenters. The van der Waals surface area contributed by atoms with Crippen LogP contribution in [0.1, 0.15) is 28.9 Å². The van der Waals surface area contributed by atoms with Crippen molar-refractivity contribution in [1.29, 1.82) is 0 Å². The number of fused-ring (bicyclic) bond motifs is 1. The van der Waals surface area contributed by atoms with Gasteiger partial charge < -0.3 is 15.2 Å². The number of benzene rings is 2. The minimum Gasteiger partial charge on any atom is -0.354 e. The second kappa shape index (κ2) is 7.66. The summed E-state index contributed by atoms with van der Waals surface area (Å²) in [7, 11) is 0. The Morgan fingerprint density at radius 1 is 0.926 bits per heavy atom. The first-order chi connectivity index (χ1) is 13.2. The Morgan fingerprint density at radius 3 is 2.41 bits per heavy atom. The van der Waals surface area contributed by atoms with Crippen LogP contribution in [0.3, 0.4) is 0 Å². The number of carbonyl (C=O) groups is 2. The maximum Gasteiger partial charge on any atom is 0.268 e. The van der Waals surface area contributed by atoms with Crippen molar-refractivity contribution in [3.63, 3.8) is 0 Å². The third-order valence-corrected chi connectivity index (χ3v) is 4.88. The molecule has 1 aliphatic rings. The van der Waals surface area contributed by atoms with Crippen LogP contribution in [0.2, 0.25) is 0 Å². The van der Waals surface area contributed by atoms with Crippen molar-refractivity contribution in [3.8, 4) is 0 Å². The van der Waals surface area contributed by atoms with Gasteiger partial charge in [0.15, 0.2) is 0 Å². The normalized spacial score (nSPS) is 13.5. The molecule has 27 heavy (non-hydrogen) atoms. The van der Waals surface area contributed by atoms with Crippen LogP contribution in [0.15, 0.2) is 60.7 Å². The molecule has 3 aromatic rings. The molecular formula is C22H23N3O2. The van der Waals surface area contributed by atoms with E-state index < -0.39 is 0 Å². The van der Waals surface area contributed by atoms with E-state index in [0.29, 0.717) is 25.3 Å². The smallest absolute Gasteiger partial charge is 0.268 e. The van der Waals surface area contributed by atoms with Gasteiger partial charge in [0, 0.05) is 36.5 Å². The predicted octanol–water partition coefficient (Wildman–Crippen LogP) is 2.95. The molecule has 0 aliphatic heterocycles. The largest absolute Gasteiger partial charge is 0.354 e. The number of aromatic nitrogens is 1. The molecule has 5 heteroatoms. The molecule has 0 unspecified atom stereocenters. The van der Waals surface area contributed by atoms with E-state index in [0.717, 1.165) is 29.3 Å². The Labute approximate surface area is 158 Å². The summed E-state index contributed by atoms with van der Waals surface area (Å²) in [6.07, 6.45) is 1.97. The van der Waals surface area contributed by atoms with Crippen LogP contribution in [-0.4, -0.2) is 29.5 Å². The summed E-state index contributed by atoms with van der Waals surface area (Å²) in [4.78, 5) is 24.4. The van der Waals surface area contributed by atoms with E-state index in [1.165, 1.54) is 0 Å². The number of nitrogens with one attached hydrogen (secondary N) is 2. The summed E-state index contributed by atoms with van der Waals surface area (Å²) in [6.45, 7) is 1.51. The fourth-order valence-corrected chi connectivity index (χ4v) is 3.28. The number of para-hydroxylation sites is 1. The van der Waals surface area contributed by atoms with E-state index >= 15 is 0 Å². The molecular weight excluding hydrogens is 338 g/mol. The summed E-state index contributed by atoms with van der Waals surface area (Å²) < 4.78 is 2.04. The van der Waals surface area contributed by atoms with E-state index in [4.69, 9.17) is 0 Å². The van der Waals surface area contributed by atoms with Gasteiger partial charge in [-0.2, -0.15) is 0 Å². The molecule has 2 N–H and O–H groups in total. The van der Waals surface area contributed by atoms with Gasteiger partial charge in [-0.15, -0.1) is 0 Å². The number of amides is 2. The van der Waals surface area contributed by atoms with E-state index in [1.54, 1.807) is 0 Å². The molecule has 1 heterocycles. The Bertz CT molecular complexity index is 958. The lowest BCUT2D eigenvalue weighted by Crippen LogP contribution is -2.36. The average Bonchev–Trinajstić information content (AvgIpc) is 3.49. The summed E-state index contributed by atoms with van der Waals surface area (Å²) >= 11 is 0. The first-order valence-corrected chi connectivity index (χ1v) is 9.40. The van der Waals surface area contributed by atoms with Crippen molar-refractivity contribution >= 4 is 22.7 Å². The number of carbonyl (C=O) groups excluding carboxylic acids is 2. The van der Waals surface area contributed by atoms with Gasteiger partial charge in [-0.3, -0.25) is 9.59 Å². The molecule has 1 aliphatic carbocycles. The number of rotatable bonds is 7. The van der Waals surface area contributed by atoms with Crippen molar-refractivity contribution in [1.82, 2.24) is 15.2 Å². The highest BCUT2D eigenvalue weighted by atomic mass is 16.2. The predicted molar refractivity (Wildman–Crippen MR) is 106 cm³/mol. The molecule has 0 saturated heterocycles. The summed E-state index contributed by atoms with van der Waals surface area (Å²) in [5, 5.41) is 6.84. The molecule has 0 radical (unpaired) electrons. The standard InChI is InChI=1S/C22H23N3O2/c26-21(17-10-11-17)23-12-13-24-22(27)20-14-18-8-4-5-9-19(18)25(20)15-16-6-2-1-3-7-16/h1-9,14,17H,10-13,15H2,(H,23,26)(H,24,27). The summed E-state index contributed by atoms with van der Waals surface area (Å²) in [5.41, 5.74) is 2.81. The van der Waals surface area contributed by atoms with Crippen molar-refractivity contribution in [2.75, 3.05) is 13.1 Å². The van der Waals surface area contributed by atoms with Crippen LogP contribution in [-0.2, 0) is 11.3 Å². The van der Waals surface area contributed by atoms with Crippen LogP contribution in [0.25, 0.3) is 10.9 Å². The monoisotopic (exact) mass is 361 g/mol. The maximum absolute atomic E-state index is 12.8. The van der Waals surface area contributed by atoms with Crippen molar-refractivity contribution in [2.24, 2.45) is 5.92 Å². The van der Waals surface area contributed by atoms with Gasteiger partial charge in [0.2, 0.25) is 5.91 Å². The summed E-state index contributed by atoms with van der Waals surface area (Å²) in [6, 6.07) is 20.1. The van der Waals surface area contributed by atoms with Crippen molar-refractivity contribution in [3.05, 3.63) is 71.9 Å².